The molecule has 24 heavy (non-hydrogen) atoms. The van der Waals surface area contributed by atoms with Crippen LogP contribution in [0.15, 0.2) is 48.5 Å². The minimum Gasteiger partial charge on any atom is -0.314 e. The topological polar surface area (TPSA) is 35.6 Å². The molecule has 1 amide bonds. The molecular weight excluding hydrogens is 298 g/mol. The van der Waals surface area contributed by atoms with E-state index in [1.807, 2.05) is 41.3 Å². The lowest BCUT2D eigenvalue weighted by atomic mass is 10.1. The Morgan fingerprint density at radius 1 is 0.875 bits per heavy atom. The molecule has 0 unspecified atom stereocenters. The van der Waals surface area contributed by atoms with Crippen molar-refractivity contribution in [2.75, 3.05) is 37.6 Å². The van der Waals surface area contributed by atoms with Crippen LogP contribution in [0.1, 0.15) is 11.1 Å². The smallest absolute Gasteiger partial charge is 0.245 e. The molecule has 2 aromatic carbocycles. The number of nitrogens with one attached hydrogen (secondary N) is 1. The highest BCUT2D eigenvalue weighted by atomic mass is 16.2. The standard InChI is InChI=1S/C20H21N3O/c24-20(15-22-13-11-21-12-14-22)23-18-7-3-1-5-16(18)9-10-17-6-2-4-8-19(17)23/h1-10,21H,11-15H2. The molecule has 0 bridgehead atoms. The second-order valence-electron chi connectivity index (χ2n) is 6.21. The van der Waals surface area contributed by atoms with E-state index in [9.17, 15) is 4.79 Å². The van der Waals surface area contributed by atoms with Gasteiger partial charge in [-0.25, -0.2) is 0 Å². The van der Waals surface area contributed by atoms with Crippen molar-refractivity contribution in [3.8, 4) is 0 Å². The molecule has 0 aromatic heterocycles. The van der Waals surface area contributed by atoms with Crippen LogP contribution >= 0.6 is 0 Å². The second-order valence-corrected chi connectivity index (χ2v) is 6.21. The van der Waals surface area contributed by atoms with Gasteiger partial charge >= 0.3 is 0 Å². The first-order chi connectivity index (χ1) is 11.8. The molecule has 4 heteroatoms. The van der Waals surface area contributed by atoms with Crippen LogP contribution < -0.4 is 10.2 Å². The Bertz CT molecular complexity index is 728. The minimum absolute atomic E-state index is 0.125. The van der Waals surface area contributed by atoms with Crippen molar-refractivity contribution in [2.24, 2.45) is 0 Å². The lowest BCUT2D eigenvalue weighted by Crippen LogP contribution is -2.47. The van der Waals surface area contributed by atoms with E-state index in [-0.39, 0.29) is 5.91 Å². The summed E-state index contributed by atoms with van der Waals surface area (Å²) < 4.78 is 0. The summed E-state index contributed by atoms with van der Waals surface area (Å²) in [7, 11) is 0. The summed E-state index contributed by atoms with van der Waals surface area (Å²) in [6.45, 7) is 4.18. The molecule has 0 spiro atoms. The number of hydrogen-bond donors (Lipinski definition) is 1. The number of benzene rings is 2. The quantitative estimate of drug-likeness (QED) is 0.924. The van der Waals surface area contributed by atoms with Crippen molar-refractivity contribution >= 4 is 29.4 Å². The van der Waals surface area contributed by atoms with E-state index in [0.29, 0.717) is 6.54 Å². The summed E-state index contributed by atoms with van der Waals surface area (Å²) in [5.41, 5.74) is 4.06. The van der Waals surface area contributed by atoms with E-state index >= 15 is 0 Å². The highest BCUT2D eigenvalue weighted by molar-refractivity contribution is 6.07. The fourth-order valence-electron chi connectivity index (χ4n) is 3.37. The molecule has 2 aliphatic heterocycles. The maximum absolute atomic E-state index is 13.2. The van der Waals surface area contributed by atoms with Gasteiger partial charge in [0.05, 0.1) is 17.9 Å². The molecule has 0 saturated carbocycles. The fraction of sp³-hybridized carbons (Fsp3) is 0.250. The van der Waals surface area contributed by atoms with Crippen molar-refractivity contribution in [1.29, 1.82) is 0 Å². The van der Waals surface area contributed by atoms with Gasteiger partial charge in [0.25, 0.3) is 0 Å². The van der Waals surface area contributed by atoms with Crippen LogP contribution in [0.25, 0.3) is 12.2 Å². The van der Waals surface area contributed by atoms with Gasteiger partial charge in [0.1, 0.15) is 0 Å². The highest BCUT2D eigenvalue weighted by Gasteiger charge is 2.25. The number of hydrogen-bond acceptors (Lipinski definition) is 3. The molecule has 0 atom stereocenters. The van der Waals surface area contributed by atoms with Gasteiger partial charge in [0.2, 0.25) is 5.91 Å². The Kier molecular flexibility index (Phi) is 4.15. The Hall–Kier alpha value is -2.43. The first-order valence-electron chi connectivity index (χ1n) is 8.45. The third kappa shape index (κ3) is 2.86. The number of carbonyl (C=O) groups excluding carboxylic acids is 1. The average Bonchev–Trinajstić information content (AvgIpc) is 2.79. The second kappa shape index (κ2) is 6.59. The number of amides is 1. The number of nitrogens with zero attached hydrogens (tertiary/aromatic N) is 2. The van der Waals surface area contributed by atoms with Crippen molar-refractivity contribution in [2.45, 2.75) is 0 Å². The SMILES string of the molecule is O=C(CN1CCNCC1)N1c2ccccc2C=Cc2ccccc21. The van der Waals surface area contributed by atoms with Gasteiger partial charge in [0, 0.05) is 26.2 Å². The van der Waals surface area contributed by atoms with E-state index < -0.39 is 0 Å². The molecule has 0 radical (unpaired) electrons. The van der Waals surface area contributed by atoms with Gasteiger partial charge in [0.15, 0.2) is 0 Å². The van der Waals surface area contributed by atoms with E-state index in [1.54, 1.807) is 0 Å². The Balaban J connectivity index is 1.72. The van der Waals surface area contributed by atoms with Crippen LogP contribution in [-0.2, 0) is 4.79 Å². The zero-order chi connectivity index (χ0) is 16.4. The summed E-state index contributed by atoms with van der Waals surface area (Å²) >= 11 is 0. The Morgan fingerprint density at radius 3 is 2.00 bits per heavy atom. The lowest BCUT2D eigenvalue weighted by molar-refractivity contribution is -0.119. The summed E-state index contributed by atoms with van der Waals surface area (Å²) in [5.74, 6) is 0.125. The zero-order valence-electron chi connectivity index (χ0n) is 13.6. The summed E-state index contributed by atoms with van der Waals surface area (Å²) in [4.78, 5) is 17.3. The van der Waals surface area contributed by atoms with Crippen LogP contribution in [0.4, 0.5) is 11.4 Å². The van der Waals surface area contributed by atoms with Gasteiger partial charge < -0.3 is 5.32 Å². The van der Waals surface area contributed by atoms with Crippen molar-refractivity contribution in [1.82, 2.24) is 10.2 Å². The van der Waals surface area contributed by atoms with Gasteiger partial charge in [-0.15, -0.1) is 0 Å². The van der Waals surface area contributed by atoms with Crippen molar-refractivity contribution < 1.29 is 4.79 Å². The number of anilines is 2. The third-order valence-corrected chi connectivity index (χ3v) is 4.62. The van der Waals surface area contributed by atoms with Crippen molar-refractivity contribution in [3.63, 3.8) is 0 Å². The zero-order valence-corrected chi connectivity index (χ0v) is 13.6. The Morgan fingerprint density at radius 2 is 1.42 bits per heavy atom. The molecule has 0 aliphatic carbocycles. The normalized spacial score (nSPS) is 17.1. The van der Waals surface area contributed by atoms with Gasteiger partial charge in [-0.3, -0.25) is 14.6 Å². The Labute approximate surface area is 142 Å². The van der Waals surface area contributed by atoms with E-state index in [4.69, 9.17) is 0 Å². The van der Waals surface area contributed by atoms with Crippen molar-refractivity contribution in [3.05, 3.63) is 59.7 Å². The number of fused-ring (bicyclic) bond motifs is 2. The minimum atomic E-state index is 0.125. The fourth-order valence-corrected chi connectivity index (χ4v) is 3.37. The molecule has 2 aliphatic rings. The molecule has 2 heterocycles. The van der Waals surface area contributed by atoms with E-state index in [0.717, 1.165) is 48.7 Å². The average molecular weight is 319 g/mol. The van der Waals surface area contributed by atoms with Gasteiger partial charge in [-0.05, 0) is 23.3 Å². The van der Waals surface area contributed by atoms with Gasteiger partial charge in [-0.2, -0.15) is 0 Å². The lowest BCUT2D eigenvalue weighted by Gasteiger charge is -2.30. The van der Waals surface area contributed by atoms with Crippen LogP contribution in [0, 0.1) is 0 Å². The summed E-state index contributed by atoms with van der Waals surface area (Å²) in [5, 5.41) is 3.33. The molecule has 1 saturated heterocycles. The maximum Gasteiger partial charge on any atom is 0.245 e. The van der Waals surface area contributed by atoms with Gasteiger partial charge in [-0.1, -0.05) is 48.6 Å². The third-order valence-electron chi connectivity index (χ3n) is 4.62. The molecule has 4 rings (SSSR count). The molecule has 1 fully saturated rings. The van der Waals surface area contributed by atoms with Crippen LogP contribution in [0.2, 0.25) is 0 Å². The highest BCUT2D eigenvalue weighted by Crippen LogP contribution is 2.36. The largest absolute Gasteiger partial charge is 0.314 e. The van der Waals surface area contributed by atoms with Crippen LogP contribution in [-0.4, -0.2) is 43.5 Å². The van der Waals surface area contributed by atoms with E-state index in [2.05, 4.69) is 34.5 Å². The molecule has 4 nitrogen and oxygen atoms in total. The first-order valence-corrected chi connectivity index (χ1v) is 8.45. The number of rotatable bonds is 2. The maximum atomic E-state index is 13.2. The number of carbonyl (C=O) groups is 1. The van der Waals surface area contributed by atoms with Crippen LogP contribution in [0.5, 0.6) is 0 Å². The number of piperazine rings is 1. The number of para-hydroxylation sites is 2. The summed E-state index contributed by atoms with van der Waals surface area (Å²) in [6, 6.07) is 16.2. The molecular formula is C20H21N3O. The van der Waals surface area contributed by atoms with E-state index in [1.165, 1.54) is 0 Å². The monoisotopic (exact) mass is 319 g/mol. The molecule has 122 valence electrons. The first kappa shape index (κ1) is 15.1. The predicted molar refractivity (Wildman–Crippen MR) is 98.3 cm³/mol. The predicted octanol–water partition coefficient (Wildman–Crippen LogP) is 2.74. The molecule has 2 aromatic rings. The summed E-state index contributed by atoms with van der Waals surface area (Å²) in [6.07, 6.45) is 4.18. The molecule has 1 N–H and O–H groups in total. The van der Waals surface area contributed by atoms with Crippen LogP contribution in [0.3, 0.4) is 0 Å².